The van der Waals surface area contributed by atoms with Crippen LogP contribution in [0, 0.1) is 0 Å². The summed E-state index contributed by atoms with van der Waals surface area (Å²) in [5.74, 6) is 1.57. The van der Waals surface area contributed by atoms with Gasteiger partial charge in [-0.05, 0) is 24.5 Å². The van der Waals surface area contributed by atoms with Crippen LogP contribution >= 0.6 is 11.6 Å². The van der Waals surface area contributed by atoms with Crippen molar-refractivity contribution in [1.82, 2.24) is 13.9 Å². The summed E-state index contributed by atoms with van der Waals surface area (Å²) in [6.45, 7) is 1.35. The van der Waals surface area contributed by atoms with Gasteiger partial charge < -0.3 is 9.30 Å². The van der Waals surface area contributed by atoms with Crippen LogP contribution in [0.25, 0.3) is 0 Å². The van der Waals surface area contributed by atoms with Gasteiger partial charge in [-0.3, -0.25) is 0 Å². The number of ether oxygens (including phenoxy) is 1. The van der Waals surface area contributed by atoms with E-state index < -0.39 is 10.0 Å². The van der Waals surface area contributed by atoms with E-state index in [1.54, 1.807) is 18.2 Å². The fraction of sp³-hybridized carbons (Fsp3) is 0.471. The fourth-order valence-electron chi connectivity index (χ4n) is 3.04. The van der Waals surface area contributed by atoms with Gasteiger partial charge in [-0.1, -0.05) is 23.7 Å². The van der Waals surface area contributed by atoms with E-state index in [1.807, 2.05) is 6.20 Å². The summed E-state index contributed by atoms with van der Waals surface area (Å²) in [5.41, 5.74) is 1.47. The summed E-state index contributed by atoms with van der Waals surface area (Å²) < 4.78 is 33.3. The Hall–Kier alpha value is -1.57. The zero-order valence-corrected chi connectivity index (χ0v) is 16.0. The normalized spacial score (nSPS) is 14.6. The Morgan fingerprint density at radius 3 is 2.80 bits per heavy atom. The van der Waals surface area contributed by atoms with E-state index >= 15 is 0 Å². The molecule has 0 saturated carbocycles. The van der Waals surface area contributed by atoms with E-state index in [0.29, 0.717) is 16.3 Å². The molecule has 25 heavy (non-hydrogen) atoms. The molecule has 0 amide bonds. The van der Waals surface area contributed by atoms with Crippen molar-refractivity contribution in [2.45, 2.75) is 38.9 Å². The maximum Gasteiger partial charge on any atom is 0.211 e. The molecule has 3 rings (SSSR count). The Morgan fingerprint density at radius 2 is 2.12 bits per heavy atom. The maximum atomic E-state index is 12.3. The molecule has 0 radical (unpaired) electrons. The first kappa shape index (κ1) is 18.2. The van der Waals surface area contributed by atoms with Gasteiger partial charge in [-0.2, -0.15) is 4.31 Å². The number of aromatic nitrogens is 2. The van der Waals surface area contributed by atoms with Crippen molar-refractivity contribution in [2.75, 3.05) is 13.4 Å². The Kier molecular flexibility index (Phi) is 5.36. The molecule has 1 aromatic carbocycles. The van der Waals surface area contributed by atoms with Crippen LogP contribution in [-0.2, 0) is 36.1 Å². The van der Waals surface area contributed by atoms with Gasteiger partial charge in [-0.15, -0.1) is 0 Å². The van der Waals surface area contributed by atoms with Crippen molar-refractivity contribution in [1.29, 1.82) is 0 Å². The number of sulfonamides is 1. The molecule has 0 bridgehead atoms. The second kappa shape index (κ2) is 7.35. The van der Waals surface area contributed by atoms with Gasteiger partial charge in [0.2, 0.25) is 10.0 Å². The Morgan fingerprint density at radius 1 is 1.32 bits per heavy atom. The third-order valence-corrected chi connectivity index (χ3v) is 6.00. The first-order chi connectivity index (χ1) is 11.9. The zero-order valence-electron chi connectivity index (χ0n) is 14.4. The quantitative estimate of drug-likeness (QED) is 0.769. The lowest BCUT2D eigenvalue weighted by Gasteiger charge is -2.20. The summed E-state index contributed by atoms with van der Waals surface area (Å²) in [5, 5.41) is 0.433. The highest BCUT2D eigenvalue weighted by Gasteiger charge is 2.22. The zero-order chi connectivity index (χ0) is 18.0. The molecule has 0 spiro atoms. The van der Waals surface area contributed by atoms with E-state index in [9.17, 15) is 8.42 Å². The standard InChI is InChI=1S/C17H22ClN3O3S/c1-24-15-7-5-6-13(17(15)18)10-21(25(2,22)23)12-14-11-20-9-4-3-8-16(20)19-14/h5-7,11H,3-4,8-10,12H2,1-2H3. The number of benzene rings is 1. The first-order valence-corrected chi connectivity index (χ1v) is 10.4. The maximum absolute atomic E-state index is 12.3. The third kappa shape index (κ3) is 4.16. The largest absolute Gasteiger partial charge is 0.495 e. The predicted molar refractivity (Wildman–Crippen MR) is 97.3 cm³/mol. The number of fused-ring (bicyclic) bond motifs is 1. The van der Waals surface area contributed by atoms with Gasteiger partial charge in [0.05, 0.1) is 30.6 Å². The molecule has 2 aromatic rings. The van der Waals surface area contributed by atoms with E-state index in [-0.39, 0.29) is 13.1 Å². The molecule has 2 heterocycles. The van der Waals surface area contributed by atoms with E-state index in [0.717, 1.165) is 37.3 Å². The highest BCUT2D eigenvalue weighted by molar-refractivity contribution is 7.88. The van der Waals surface area contributed by atoms with Gasteiger partial charge in [0.15, 0.2) is 0 Å². The van der Waals surface area contributed by atoms with Crippen LogP contribution in [0.3, 0.4) is 0 Å². The number of halogens is 1. The molecule has 0 unspecified atom stereocenters. The van der Waals surface area contributed by atoms with Crippen LogP contribution in [0.2, 0.25) is 5.02 Å². The molecule has 8 heteroatoms. The van der Waals surface area contributed by atoms with Crippen LogP contribution in [0.15, 0.2) is 24.4 Å². The van der Waals surface area contributed by atoms with Gasteiger partial charge in [0, 0.05) is 25.7 Å². The van der Waals surface area contributed by atoms with Gasteiger partial charge in [0.1, 0.15) is 11.6 Å². The summed E-state index contributed by atoms with van der Waals surface area (Å²) in [6, 6.07) is 5.36. The van der Waals surface area contributed by atoms with Crippen molar-refractivity contribution >= 4 is 21.6 Å². The number of rotatable bonds is 6. The summed E-state index contributed by atoms with van der Waals surface area (Å²) in [6.07, 6.45) is 6.38. The monoisotopic (exact) mass is 383 g/mol. The molecule has 0 N–H and O–H groups in total. The van der Waals surface area contributed by atoms with Gasteiger partial charge >= 0.3 is 0 Å². The summed E-state index contributed by atoms with van der Waals surface area (Å²) >= 11 is 6.32. The highest BCUT2D eigenvalue weighted by atomic mass is 35.5. The molecule has 1 aromatic heterocycles. The Labute approximate surface area is 153 Å². The average Bonchev–Trinajstić information content (AvgIpc) is 2.97. The van der Waals surface area contributed by atoms with Crippen molar-refractivity contribution in [3.63, 3.8) is 0 Å². The number of hydrogen-bond acceptors (Lipinski definition) is 4. The van der Waals surface area contributed by atoms with Crippen LogP contribution in [0.4, 0.5) is 0 Å². The smallest absolute Gasteiger partial charge is 0.211 e. The van der Waals surface area contributed by atoms with E-state index in [2.05, 4.69) is 9.55 Å². The lowest BCUT2D eigenvalue weighted by atomic mass is 10.2. The third-order valence-electron chi connectivity index (χ3n) is 4.38. The number of hydrogen-bond donors (Lipinski definition) is 0. The fourth-order valence-corrected chi connectivity index (χ4v) is 4.05. The van der Waals surface area contributed by atoms with Crippen molar-refractivity contribution in [3.05, 3.63) is 46.5 Å². The number of nitrogens with zero attached hydrogens (tertiary/aromatic N) is 3. The molecule has 0 atom stereocenters. The average molecular weight is 384 g/mol. The molecule has 1 aliphatic heterocycles. The van der Waals surface area contributed by atoms with Crippen molar-refractivity contribution < 1.29 is 13.2 Å². The molecule has 1 aliphatic rings. The van der Waals surface area contributed by atoms with E-state index in [1.165, 1.54) is 17.7 Å². The number of methoxy groups -OCH3 is 1. The molecule has 136 valence electrons. The van der Waals surface area contributed by atoms with Gasteiger partial charge in [-0.25, -0.2) is 13.4 Å². The molecular weight excluding hydrogens is 362 g/mol. The molecule has 6 nitrogen and oxygen atoms in total. The van der Waals surface area contributed by atoms with Crippen LogP contribution in [0.5, 0.6) is 5.75 Å². The molecule has 0 fully saturated rings. The Bertz CT molecular complexity index is 841. The minimum Gasteiger partial charge on any atom is -0.495 e. The topological polar surface area (TPSA) is 64.4 Å². The van der Waals surface area contributed by atoms with Crippen LogP contribution < -0.4 is 4.74 Å². The minimum atomic E-state index is -3.41. The lowest BCUT2D eigenvalue weighted by Crippen LogP contribution is -2.29. The minimum absolute atomic E-state index is 0.178. The number of imidazole rings is 1. The predicted octanol–water partition coefficient (Wildman–Crippen LogP) is 2.84. The second-order valence-electron chi connectivity index (χ2n) is 6.26. The number of aryl methyl sites for hydroxylation is 2. The lowest BCUT2D eigenvalue weighted by molar-refractivity contribution is 0.395. The van der Waals surface area contributed by atoms with Crippen LogP contribution in [0.1, 0.15) is 29.9 Å². The summed E-state index contributed by atoms with van der Waals surface area (Å²) in [7, 11) is -1.88. The Balaban J connectivity index is 1.85. The van der Waals surface area contributed by atoms with Gasteiger partial charge in [0.25, 0.3) is 0 Å². The van der Waals surface area contributed by atoms with E-state index in [4.69, 9.17) is 16.3 Å². The second-order valence-corrected chi connectivity index (χ2v) is 8.62. The first-order valence-electron chi connectivity index (χ1n) is 8.20. The molecular formula is C17H22ClN3O3S. The van der Waals surface area contributed by atoms with Crippen LogP contribution in [-0.4, -0.2) is 35.6 Å². The van der Waals surface area contributed by atoms with Crippen molar-refractivity contribution in [2.24, 2.45) is 0 Å². The molecule has 0 saturated heterocycles. The molecule has 0 aliphatic carbocycles. The SMILES string of the molecule is COc1cccc(CN(Cc2cn3c(n2)CCCC3)S(C)(=O)=O)c1Cl. The summed E-state index contributed by atoms with van der Waals surface area (Å²) in [4.78, 5) is 4.60. The highest BCUT2D eigenvalue weighted by Crippen LogP contribution is 2.29. The van der Waals surface area contributed by atoms with Crippen molar-refractivity contribution in [3.8, 4) is 5.75 Å².